The topological polar surface area (TPSA) is 53.1 Å². The number of para-hydroxylation sites is 1. The number of nitrogens with zero attached hydrogens (tertiary/aromatic N) is 1. The van der Waals surface area contributed by atoms with Crippen LogP contribution in [0, 0.1) is 11.2 Å². The van der Waals surface area contributed by atoms with E-state index in [9.17, 15) is 4.39 Å². The number of halogens is 2. The molecule has 0 aromatic heterocycles. The van der Waals surface area contributed by atoms with Gasteiger partial charge in [0.05, 0.1) is 10.9 Å². The molecule has 5 heteroatoms. The van der Waals surface area contributed by atoms with Crippen molar-refractivity contribution in [1.29, 1.82) is 5.41 Å². The Morgan fingerprint density at radius 2 is 1.86 bits per heavy atom. The van der Waals surface area contributed by atoms with Crippen LogP contribution < -0.4 is 10.6 Å². The fourth-order valence-electron chi connectivity index (χ4n) is 2.07. The maximum atomic E-state index is 14.1. The highest BCUT2D eigenvalue weighted by atomic mass is 35.5. The standard InChI is InChI=1S/C16H17ClFN3/c17-14-8-4-5-12(16(14)18)11-21(10-9-15(19)20)13-6-2-1-3-7-13/h1-8H,9-11H2,(H3,19,20). The molecule has 0 amide bonds. The van der Waals surface area contributed by atoms with Gasteiger partial charge >= 0.3 is 0 Å². The Bertz CT molecular complexity index is 616. The highest BCUT2D eigenvalue weighted by molar-refractivity contribution is 6.30. The second kappa shape index (κ2) is 7.09. The average Bonchev–Trinajstić information content (AvgIpc) is 2.48. The van der Waals surface area contributed by atoms with Crippen molar-refractivity contribution in [3.63, 3.8) is 0 Å². The first kappa shape index (κ1) is 15.3. The van der Waals surface area contributed by atoms with E-state index in [4.69, 9.17) is 22.7 Å². The van der Waals surface area contributed by atoms with Crippen LogP contribution in [0.2, 0.25) is 5.02 Å². The summed E-state index contributed by atoms with van der Waals surface area (Å²) in [5.74, 6) is -0.287. The van der Waals surface area contributed by atoms with Crippen LogP contribution in [0.15, 0.2) is 48.5 Å². The molecule has 0 atom stereocenters. The highest BCUT2D eigenvalue weighted by Crippen LogP contribution is 2.22. The minimum absolute atomic E-state index is 0.113. The summed E-state index contributed by atoms with van der Waals surface area (Å²) in [4.78, 5) is 1.98. The highest BCUT2D eigenvalue weighted by Gasteiger charge is 2.12. The second-order valence-electron chi connectivity index (χ2n) is 4.75. The van der Waals surface area contributed by atoms with Crippen molar-refractivity contribution in [3.8, 4) is 0 Å². The van der Waals surface area contributed by atoms with Crippen molar-refractivity contribution in [2.24, 2.45) is 5.73 Å². The van der Waals surface area contributed by atoms with Crippen molar-refractivity contribution in [2.75, 3.05) is 11.4 Å². The largest absolute Gasteiger partial charge is 0.388 e. The number of anilines is 1. The Kier molecular flexibility index (Phi) is 5.17. The Morgan fingerprint density at radius 3 is 2.52 bits per heavy atom. The third-order valence-corrected chi connectivity index (χ3v) is 3.46. The molecule has 0 fully saturated rings. The van der Waals surface area contributed by atoms with Crippen LogP contribution in [0.5, 0.6) is 0 Å². The van der Waals surface area contributed by atoms with Gasteiger partial charge < -0.3 is 10.6 Å². The zero-order valence-electron chi connectivity index (χ0n) is 11.5. The van der Waals surface area contributed by atoms with Gasteiger partial charge in [-0.2, -0.15) is 0 Å². The zero-order valence-corrected chi connectivity index (χ0v) is 12.3. The second-order valence-corrected chi connectivity index (χ2v) is 5.15. The molecule has 0 aliphatic heterocycles. The first-order valence-corrected chi connectivity index (χ1v) is 7.01. The van der Waals surface area contributed by atoms with E-state index in [0.717, 1.165) is 5.69 Å². The third kappa shape index (κ3) is 4.20. The Balaban J connectivity index is 2.23. The quantitative estimate of drug-likeness (QED) is 0.630. The van der Waals surface area contributed by atoms with Gasteiger partial charge in [0, 0.05) is 30.8 Å². The molecule has 0 saturated carbocycles. The van der Waals surface area contributed by atoms with Crippen molar-refractivity contribution < 1.29 is 4.39 Å². The lowest BCUT2D eigenvalue weighted by atomic mass is 10.1. The molecule has 0 aliphatic carbocycles. The van der Waals surface area contributed by atoms with Gasteiger partial charge in [0.2, 0.25) is 0 Å². The zero-order chi connectivity index (χ0) is 15.2. The summed E-state index contributed by atoms with van der Waals surface area (Å²) in [6, 6.07) is 14.6. The van der Waals surface area contributed by atoms with Crippen LogP contribution in [-0.2, 0) is 6.54 Å². The molecule has 0 aliphatic rings. The molecule has 0 unspecified atom stereocenters. The molecule has 3 nitrogen and oxygen atoms in total. The summed E-state index contributed by atoms with van der Waals surface area (Å²) in [5.41, 5.74) is 6.91. The van der Waals surface area contributed by atoms with E-state index in [0.29, 0.717) is 25.1 Å². The molecule has 0 radical (unpaired) electrons. The molecule has 0 bridgehead atoms. The van der Waals surface area contributed by atoms with Gasteiger partial charge in [0.15, 0.2) is 0 Å². The van der Waals surface area contributed by atoms with E-state index in [2.05, 4.69) is 0 Å². The molecule has 2 aromatic carbocycles. The van der Waals surface area contributed by atoms with Crippen LogP contribution in [0.4, 0.5) is 10.1 Å². The lowest BCUT2D eigenvalue weighted by Crippen LogP contribution is -2.27. The van der Waals surface area contributed by atoms with Crippen molar-refractivity contribution in [1.82, 2.24) is 0 Å². The summed E-state index contributed by atoms with van der Waals surface area (Å²) in [6.07, 6.45) is 0.428. The van der Waals surface area contributed by atoms with Crippen molar-refractivity contribution in [2.45, 2.75) is 13.0 Å². The maximum absolute atomic E-state index is 14.1. The van der Waals surface area contributed by atoms with Gasteiger partial charge in [-0.15, -0.1) is 0 Å². The van der Waals surface area contributed by atoms with E-state index < -0.39 is 5.82 Å². The normalized spacial score (nSPS) is 10.4. The van der Waals surface area contributed by atoms with Gasteiger partial charge in [0.25, 0.3) is 0 Å². The summed E-state index contributed by atoms with van der Waals surface area (Å²) < 4.78 is 14.1. The predicted octanol–water partition coefficient (Wildman–Crippen LogP) is 3.81. The lowest BCUT2D eigenvalue weighted by molar-refractivity contribution is 0.605. The molecular formula is C16H17ClFN3. The van der Waals surface area contributed by atoms with Gasteiger partial charge in [-0.05, 0) is 18.2 Å². The minimum Gasteiger partial charge on any atom is -0.388 e. The Morgan fingerprint density at radius 1 is 1.14 bits per heavy atom. The fraction of sp³-hybridized carbons (Fsp3) is 0.188. The summed E-state index contributed by atoms with van der Waals surface area (Å²) in [7, 11) is 0. The molecule has 3 N–H and O–H groups in total. The first-order chi connectivity index (χ1) is 10.1. The number of rotatable bonds is 6. The number of nitrogens with one attached hydrogen (secondary N) is 1. The molecule has 0 heterocycles. The Hall–Kier alpha value is -2.07. The van der Waals surface area contributed by atoms with E-state index in [-0.39, 0.29) is 10.9 Å². The first-order valence-electron chi connectivity index (χ1n) is 6.63. The van der Waals surface area contributed by atoms with Crippen LogP contribution >= 0.6 is 11.6 Å². The predicted molar refractivity (Wildman–Crippen MR) is 85.4 cm³/mol. The number of nitrogens with two attached hydrogens (primary N) is 1. The number of amidine groups is 1. The van der Waals surface area contributed by atoms with Gasteiger partial charge in [0.1, 0.15) is 5.82 Å². The fourth-order valence-corrected chi connectivity index (χ4v) is 2.26. The van der Waals surface area contributed by atoms with Gasteiger partial charge in [-0.1, -0.05) is 41.9 Å². The smallest absolute Gasteiger partial charge is 0.146 e. The maximum Gasteiger partial charge on any atom is 0.146 e. The van der Waals surface area contributed by atoms with E-state index in [1.165, 1.54) is 6.07 Å². The van der Waals surface area contributed by atoms with Crippen molar-refractivity contribution in [3.05, 3.63) is 64.9 Å². The van der Waals surface area contributed by atoms with Crippen molar-refractivity contribution >= 4 is 23.1 Å². The van der Waals surface area contributed by atoms with Gasteiger partial charge in [-0.3, -0.25) is 5.41 Å². The minimum atomic E-state index is -0.400. The SMILES string of the molecule is N=C(N)CCN(Cc1cccc(Cl)c1F)c1ccccc1. The van der Waals surface area contributed by atoms with Crippen LogP contribution in [0.1, 0.15) is 12.0 Å². The third-order valence-electron chi connectivity index (χ3n) is 3.17. The Labute approximate surface area is 128 Å². The van der Waals surface area contributed by atoms with Gasteiger partial charge in [-0.25, -0.2) is 4.39 Å². The monoisotopic (exact) mass is 305 g/mol. The van der Waals surface area contributed by atoms with Crippen LogP contribution in [-0.4, -0.2) is 12.4 Å². The van der Waals surface area contributed by atoms with Crippen LogP contribution in [0.25, 0.3) is 0 Å². The molecule has 0 spiro atoms. The molecular weight excluding hydrogens is 289 g/mol. The van der Waals surface area contributed by atoms with E-state index in [1.54, 1.807) is 12.1 Å². The molecule has 21 heavy (non-hydrogen) atoms. The summed E-state index contributed by atoms with van der Waals surface area (Å²) >= 11 is 5.82. The lowest BCUT2D eigenvalue weighted by Gasteiger charge is -2.25. The summed E-state index contributed by atoms with van der Waals surface area (Å²) in [6.45, 7) is 0.926. The van der Waals surface area contributed by atoms with E-state index in [1.807, 2.05) is 35.2 Å². The molecule has 0 saturated heterocycles. The van der Waals surface area contributed by atoms with Crippen LogP contribution in [0.3, 0.4) is 0 Å². The van der Waals surface area contributed by atoms with E-state index >= 15 is 0 Å². The molecule has 2 aromatic rings. The number of benzene rings is 2. The number of hydrogen-bond donors (Lipinski definition) is 2. The summed E-state index contributed by atoms with van der Waals surface area (Å²) in [5, 5.41) is 7.48. The molecule has 2 rings (SSSR count). The molecule has 110 valence electrons. The number of hydrogen-bond acceptors (Lipinski definition) is 2. The average molecular weight is 306 g/mol.